The van der Waals surface area contributed by atoms with Crippen molar-refractivity contribution in [1.29, 1.82) is 0 Å². The van der Waals surface area contributed by atoms with Crippen molar-refractivity contribution in [2.45, 2.75) is 45.6 Å². The molecule has 0 aromatic rings. The number of hydrogen-bond donors (Lipinski definition) is 1. The van der Waals surface area contributed by atoms with Gasteiger partial charge in [0.15, 0.2) is 0 Å². The van der Waals surface area contributed by atoms with E-state index in [1.807, 2.05) is 4.90 Å². The Labute approximate surface area is 105 Å². The van der Waals surface area contributed by atoms with Crippen LogP contribution in [0, 0.1) is 0 Å². The molecule has 0 bridgehead atoms. The molecule has 0 atom stereocenters. The number of hydrogen-bond acceptors (Lipinski definition) is 3. The average Bonchev–Trinajstić information content (AvgIpc) is 3.11. The number of carbonyl (C=O) groups is 1. The van der Waals surface area contributed by atoms with E-state index < -0.39 is 0 Å². The molecule has 1 saturated carbocycles. The molecular formula is C13H27N3O. The first-order chi connectivity index (χ1) is 8.22. The Morgan fingerprint density at radius 3 is 2.47 bits per heavy atom. The molecule has 17 heavy (non-hydrogen) atoms. The highest BCUT2D eigenvalue weighted by Crippen LogP contribution is 2.26. The minimum Gasteiger partial charge on any atom is -0.339 e. The largest absolute Gasteiger partial charge is 0.339 e. The first-order valence-corrected chi connectivity index (χ1v) is 6.94. The molecule has 0 spiro atoms. The standard InChI is InChI=1S/C13H27N3O/c1-3-5-9-15(10-8-14)11-13(17)16(4-2)12-6-7-12/h12H,3-11,14H2,1-2H3. The Morgan fingerprint density at radius 2 is 2.00 bits per heavy atom. The molecule has 1 fully saturated rings. The van der Waals surface area contributed by atoms with Crippen LogP contribution in [0.1, 0.15) is 39.5 Å². The lowest BCUT2D eigenvalue weighted by Gasteiger charge is -2.26. The van der Waals surface area contributed by atoms with Crippen LogP contribution in [0.2, 0.25) is 0 Å². The third kappa shape index (κ3) is 5.04. The number of amides is 1. The molecule has 0 unspecified atom stereocenters. The minimum atomic E-state index is 0.277. The Morgan fingerprint density at radius 1 is 1.29 bits per heavy atom. The molecule has 100 valence electrons. The van der Waals surface area contributed by atoms with Gasteiger partial charge in [0.25, 0.3) is 0 Å². The second-order valence-corrected chi connectivity index (χ2v) is 4.83. The van der Waals surface area contributed by atoms with Crippen LogP contribution in [0.5, 0.6) is 0 Å². The number of rotatable bonds is 9. The summed E-state index contributed by atoms with van der Waals surface area (Å²) in [5, 5.41) is 0. The van der Waals surface area contributed by atoms with Gasteiger partial charge in [-0.1, -0.05) is 13.3 Å². The Bertz CT molecular complexity index is 229. The van der Waals surface area contributed by atoms with Crippen LogP contribution in [0.3, 0.4) is 0 Å². The van der Waals surface area contributed by atoms with Crippen molar-refractivity contribution in [3.05, 3.63) is 0 Å². The Balaban J connectivity index is 2.37. The SMILES string of the molecule is CCCCN(CCN)CC(=O)N(CC)C1CC1. The van der Waals surface area contributed by atoms with Gasteiger partial charge in [-0.25, -0.2) is 0 Å². The number of nitrogens with two attached hydrogens (primary N) is 1. The van der Waals surface area contributed by atoms with E-state index in [1.165, 1.54) is 12.8 Å². The van der Waals surface area contributed by atoms with Crippen LogP contribution in [-0.2, 0) is 4.79 Å². The van der Waals surface area contributed by atoms with Crippen molar-refractivity contribution in [1.82, 2.24) is 9.80 Å². The molecule has 1 aliphatic carbocycles. The van der Waals surface area contributed by atoms with E-state index in [4.69, 9.17) is 5.73 Å². The maximum atomic E-state index is 12.1. The molecule has 1 aliphatic rings. The van der Waals surface area contributed by atoms with Gasteiger partial charge in [-0.15, -0.1) is 0 Å². The van der Waals surface area contributed by atoms with Crippen molar-refractivity contribution >= 4 is 5.91 Å². The van der Waals surface area contributed by atoms with E-state index in [1.54, 1.807) is 0 Å². The monoisotopic (exact) mass is 241 g/mol. The van der Waals surface area contributed by atoms with Gasteiger partial charge in [-0.05, 0) is 32.7 Å². The number of nitrogens with zero attached hydrogens (tertiary/aromatic N) is 2. The summed E-state index contributed by atoms with van der Waals surface area (Å²) in [6, 6.07) is 0.526. The van der Waals surface area contributed by atoms with Gasteiger partial charge in [0.05, 0.1) is 6.54 Å². The van der Waals surface area contributed by atoms with Crippen LogP contribution in [-0.4, -0.2) is 54.5 Å². The van der Waals surface area contributed by atoms with Gasteiger partial charge in [0.1, 0.15) is 0 Å². The maximum Gasteiger partial charge on any atom is 0.236 e. The summed E-state index contributed by atoms with van der Waals surface area (Å²) in [4.78, 5) is 16.4. The van der Waals surface area contributed by atoms with Gasteiger partial charge in [0, 0.05) is 25.7 Å². The third-order valence-electron chi connectivity index (χ3n) is 3.28. The molecule has 1 rings (SSSR count). The lowest BCUT2D eigenvalue weighted by Crippen LogP contribution is -2.43. The molecule has 1 amide bonds. The molecule has 0 saturated heterocycles. The highest BCUT2D eigenvalue weighted by atomic mass is 16.2. The van der Waals surface area contributed by atoms with E-state index >= 15 is 0 Å². The van der Waals surface area contributed by atoms with Crippen molar-refractivity contribution in [3.63, 3.8) is 0 Å². The number of unbranched alkanes of at least 4 members (excludes halogenated alkanes) is 1. The molecule has 0 aliphatic heterocycles. The first kappa shape index (κ1) is 14.5. The molecule has 4 nitrogen and oxygen atoms in total. The van der Waals surface area contributed by atoms with Crippen molar-refractivity contribution < 1.29 is 4.79 Å². The second kappa shape index (κ2) is 7.67. The zero-order valence-corrected chi connectivity index (χ0v) is 11.3. The Kier molecular flexibility index (Phi) is 6.52. The fourth-order valence-corrected chi connectivity index (χ4v) is 2.14. The van der Waals surface area contributed by atoms with Crippen LogP contribution in [0.15, 0.2) is 0 Å². The Hall–Kier alpha value is -0.610. The zero-order chi connectivity index (χ0) is 12.7. The van der Waals surface area contributed by atoms with E-state index in [0.717, 1.165) is 32.5 Å². The highest BCUT2D eigenvalue weighted by molar-refractivity contribution is 5.78. The first-order valence-electron chi connectivity index (χ1n) is 6.94. The zero-order valence-electron chi connectivity index (χ0n) is 11.3. The smallest absolute Gasteiger partial charge is 0.236 e. The normalized spacial score (nSPS) is 15.3. The van der Waals surface area contributed by atoms with E-state index in [-0.39, 0.29) is 5.91 Å². The summed E-state index contributed by atoms with van der Waals surface area (Å²) < 4.78 is 0. The van der Waals surface area contributed by atoms with Crippen LogP contribution >= 0.6 is 0 Å². The highest BCUT2D eigenvalue weighted by Gasteiger charge is 2.31. The summed E-state index contributed by atoms with van der Waals surface area (Å²) in [6.45, 7) is 8.07. The van der Waals surface area contributed by atoms with Crippen molar-refractivity contribution in [2.75, 3.05) is 32.7 Å². The lowest BCUT2D eigenvalue weighted by molar-refractivity contribution is -0.132. The summed E-state index contributed by atoms with van der Waals surface area (Å²) in [5.41, 5.74) is 5.59. The maximum absolute atomic E-state index is 12.1. The fraction of sp³-hybridized carbons (Fsp3) is 0.923. The molecule has 0 heterocycles. The summed E-state index contributed by atoms with van der Waals surface area (Å²) in [5.74, 6) is 0.277. The molecule has 4 heteroatoms. The number of likely N-dealkylation sites (N-methyl/N-ethyl adjacent to an activating group) is 1. The summed E-state index contributed by atoms with van der Waals surface area (Å²) in [7, 11) is 0. The molecule has 2 N–H and O–H groups in total. The van der Waals surface area contributed by atoms with Crippen LogP contribution in [0.25, 0.3) is 0 Å². The molecule has 0 aromatic heterocycles. The summed E-state index contributed by atoms with van der Waals surface area (Å²) in [6.07, 6.45) is 4.68. The van der Waals surface area contributed by atoms with Gasteiger partial charge >= 0.3 is 0 Å². The van der Waals surface area contributed by atoms with Gasteiger partial charge < -0.3 is 10.6 Å². The minimum absolute atomic E-state index is 0.277. The fourth-order valence-electron chi connectivity index (χ4n) is 2.14. The van der Waals surface area contributed by atoms with Crippen LogP contribution < -0.4 is 5.73 Å². The van der Waals surface area contributed by atoms with Gasteiger partial charge in [0.2, 0.25) is 5.91 Å². The quantitative estimate of drug-likeness (QED) is 0.656. The van der Waals surface area contributed by atoms with E-state index in [0.29, 0.717) is 19.1 Å². The number of carbonyl (C=O) groups excluding carboxylic acids is 1. The van der Waals surface area contributed by atoms with Gasteiger partial charge in [-0.3, -0.25) is 9.69 Å². The predicted molar refractivity (Wildman–Crippen MR) is 70.8 cm³/mol. The molecule has 0 aromatic carbocycles. The second-order valence-electron chi connectivity index (χ2n) is 4.83. The third-order valence-corrected chi connectivity index (χ3v) is 3.28. The summed E-state index contributed by atoms with van der Waals surface area (Å²) >= 11 is 0. The van der Waals surface area contributed by atoms with E-state index in [2.05, 4.69) is 18.7 Å². The topological polar surface area (TPSA) is 49.6 Å². The van der Waals surface area contributed by atoms with Gasteiger partial charge in [-0.2, -0.15) is 0 Å². The van der Waals surface area contributed by atoms with E-state index in [9.17, 15) is 4.79 Å². The average molecular weight is 241 g/mol. The molecule has 0 radical (unpaired) electrons. The molecular weight excluding hydrogens is 214 g/mol. The van der Waals surface area contributed by atoms with Crippen molar-refractivity contribution in [2.24, 2.45) is 5.73 Å². The lowest BCUT2D eigenvalue weighted by atomic mass is 10.3. The van der Waals surface area contributed by atoms with Crippen molar-refractivity contribution in [3.8, 4) is 0 Å². The van der Waals surface area contributed by atoms with Crippen LogP contribution in [0.4, 0.5) is 0 Å². The predicted octanol–water partition coefficient (Wildman–Crippen LogP) is 1.06.